The third-order valence-electron chi connectivity index (χ3n) is 3.69. The molecule has 0 amide bonds. The minimum atomic E-state index is -1.32. The lowest BCUT2D eigenvalue weighted by molar-refractivity contribution is -0.140. The maximum absolute atomic E-state index is 10.9. The summed E-state index contributed by atoms with van der Waals surface area (Å²) in [5.74, 6) is -0.0788. The Morgan fingerprint density at radius 3 is 1.79 bits per heavy atom. The molecule has 0 rings (SSSR count). The standard InChI is InChI=1S/C15H32O3Si/c1-17-15(16)13-11-9-7-5-6-8-10-12-14-19(3,4)18-2/h5-14H2,1-4H3. The zero-order valence-electron chi connectivity index (χ0n) is 13.3. The van der Waals surface area contributed by atoms with Crippen LogP contribution in [0.25, 0.3) is 0 Å². The van der Waals surface area contributed by atoms with Crippen molar-refractivity contribution in [3.8, 4) is 0 Å². The molecule has 0 aliphatic carbocycles. The molecule has 0 fully saturated rings. The summed E-state index contributed by atoms with van der Waals surface area (Å²) in [5.41, 5.74) is 0. The second-order valence-electron chi connectivity index (χ2n) is 5.87. The van der Waals surface area contributed by atoms with Crippen molar-refractivity contribution in [2.24, 2.45) is 0 Å². The molecule has 0 bridgehead atoms. The van der Waals surface area contributed by atoms with Gasteiger partial charge in [-0.1, -0.05) is 44.9 Å². The summed E-state index contributed by atoms with van der Waals surface area (Å²) in [5, 5.41) is 0. The van der Waals surface area contributed by atoms with E-state index in [9.17, 15) is 4.79 Å². The van der Waals surface area contributed by atoms with Crippen molar-refractivity contribution in [2.75, 3.05) is 14.2 Å². The van der Waals surface area contributed by atoms with E-state index in [0.717, 1.165) is 12.8 Å². The van der Waals surface area contributed by atoms with E-state index in [0.29, 0.717) is 6.42 Å². The Morgan fingerprint density at radius 2 is 1.32 bits per heavy atom. The van der Waals surface area contributed by atoms with Gasteiger partial charge in [-0.15, -0.1) is 0 Å². The van der Waals surface area contributed by atoms with E-state index < -0.39 is 8.32 Å². The highest BCUT2D eigenvalue weighted by molar-refractivity contribution is 6.71. The zero-order valence-corrected chi connectivity index (χ0v) is 14.3. The van der Waals surface area contributed by atoms with Crippen molar-refractivity contribution in [1.82, 2.24) is 0 Å². The second-order valence-corrected chi connectivity index (χ2v) is 10.3. The fraction of sp³-hybridized carbons (Fsp3) is 0.933. The van der Waals surface area contributed by atoms with E-state index in [-0.39, 0.29) is 5.97 Å². The van der Waals surface area contributed by atoms with Gasteiger partial charge in [-0.05, 0) is 25.6 Å². The van der Waals surface area contributed by atoms with Crippen molar-refractivity contribution < 1.29 is 14.0 Å². The van der Waals surface area contributed by atoms with Gasteiger partial charge < -0.3 is 9.16 Å². The topological polar surface area (TPSA) is 35.5 Å². The highest BCUT2D eigenvalue weighted by Crippen LogP contribution is 2.16. The summed E-state index contributed by atoms with van der Waals surface area (Å²) in [6.45, 7) is 4.57. The predicted octanol–water partition coefficient (Wildman–Crippen LogP) is 4.52. The van der Waals surface area contributed by atoms with Crippen molar-refractivity contribution in [1.29, 1.82) is 0 Å². The molecular weight excluding hydrogens is 256 g/mol. The van der Waals surface area contributed by atoms with Crippen LogP contribution >= 0.6 is 0 Å². The number of ether oxygens (including phenoxy) is 1. The molecule has 0 aromatic rings. The third kappa shape index (κ3) is 12.4. The third-order valence-corrected chi connectivity index (χ3v) is 6.35. The van der Waals surface area contributed by atoms with Gasteiger partial charge in [0.05, 0.1) is 7.11 Å². The van der Waals surface area contributed by atoms with Gasteiger partial charge >= 0.3 is 5.97 Å². The van der Waals surface area contributed by atoms with Crippen molar-refractivity contribution in [3.05, 3.63) is 0 Å². The lowest BCUT2D eigenvalue weighted by Crippen LogP contribution is -2.27. The quantitative estimate of drug-likeness (QED) is 0.301. The van der Waals surface area contributed by atoms with Crippen LogP contribution < -0.4 is 0 Å². The average Bonchev–Trinajstić information content (AvgIpc) is 2.40. The van der Waals surface area contributed by atoms with Gasteiger partial charge in [0.25, 0.3) is 0 Å². The molecule has 0 aromatic heterocycles. The fourth-order valence-corrected chi connectivity index (χ4v) is 3.39. The lowest BCUT2D eigenvalue weighted by atomic mass is 10.1. The largest absolute Gasteiger partial charge is 0.469 e. The summed E-state index contributed by atoms with van der Waals surface area (Å²) in [6, 6.07) is 1.28. The van der Waals surface area contributed by atoms with E-state index in [1.54, 1.807) is 0 Å². The normalized spacial score (nSPS) is 11.6. The van der Waals surface area contributed by atoms with Gasteiger partial charge in [-0.3, -0.25) is 4.79 Å². The van der Waals surface area contributed by atoms with Crippen LogP contribution in [0.3, 0.4) is 0 Å². The SMILES string of the molecule is COC(=O)CCCCCCCCCC[Si](C)(C)OC. The minimum absolute atomic E-state index is 0.0788. The highest BCUT2D eigenvalue weighted by Gasteiger charge is 2.18. The van der Waals surface area contributed by atoms with Crippen LogP contribution in [0.5, 0.6) is 0 Å². The summed E-state index contributed by atoms with van der Waals surface area (Å²) < 4.78 is 10.2. The van der Waals surface area contributed by atoms with E-state index in [4.69, 9.17) is 4.43 Å². The Kier molecular flexibility index (Phi) is 11.3. The van der Waals surface area contributed by atoms with Crippen LogP contribution in [-0.4, -0.2) is 28.5 Å². The van der Waals surface area contributed by atoms with E-state index >= 15 is 0 Å². The Hall–Kier alpha value is -0.353. The maximum Gasteiger partial charge on any atom is 0.305 e. The summed E-state index contributed by atoms with van der Waals surface area (Å²) in [6.07, 6.45) is 10.6. The molecule has 0 saturated carbocycles. The summed E-state index contributed by atoms with van der Waals surface area (Å²) in [4.78, 5) is 10.9. The van der Waals surface area contributed by atoms with Gasteiger partial charge in [-0.25, -0.2) is 0 Å². The molecule has 19 heavy (non-hydrogen) atoms. The first-order valence-corrected chi connectivity index (χ1v) is 10.8. The number of rotatable bonds is 12. The monoisotopic (exact) mass is 288 g/mol. The Bertz CT molecular complexity index is 229. The molecule has 0 atom stereocenters. The van der Waals surface area contributed by atoms with Gasteiger partial charge in [0.1, 0.15) is 0 Å². The molecule has 0 aliphatic heterocycles. The maximum atomic E-state index is 10.9. The van der Waals surface area contributed by atoms with Gasteiger partial charge in [-0.2, -0.15) is 0 Å². The van der Waals surface area contributed by atoms with Gasteiger partial charge in [0.2, 0.25) is 0 Å². The summed E-state index contributed by atoms with van der Waals surface area (Å²) in [7, 11) is 1.98. The van der Waals surface area contributed by atoms with Gasteiger partial charge in [0.15, 0.2) is 8.32 Å². The molecule has 3 nitrogen and oxygen atoms in total. The van der Waals surface area contributed by atoms with Crippen LogP contribution in [0.1, 0.15) is 57.8 Å². The lowest BCUT2D eigenvalue weighted by Gasteiger charge is -2.19. The van der Waals surface area contributed by atoms with Crippen LogP contribution in [0.2, 0.25) is 19.1 Å². The van der Waals surface area contributed by atoms with Crippen molar-refractivity contribution in [3.63, 3.8) is 0 Å². The molecule has 0 saturated heterocycles. The average molecular weight is 289 g/mol. The van der Waals surface area contributed by atoms with Crippen LogP contribution in [-0.2, 0) is 14.0 Å². The van der Waals surface area contributed by atoms with Gasteiger partial charge in [0, 0.05) is 13.5 Å². The fourth-order valence-electron chi connectivity index (χ4n) is 2.08. The number of hydrogen-bond donors (Lipinski definition) is 0. The molecule has 0 unspecified atom stereocenters. The molecular formula is C15H32O3Si. The predicted molar refractivity (Wildman–Crippen MR) is 82.9 cm³/mol. The number of esters is 1. The Morgan fingerprint density at radius 1 is 0.842 bits per heavy atom. The van der Waals surface area contributed by atoms with Crippen molar-refractivity contribution in [2.45, 2.75) is 76.9 Å². The second kappa shape index (κ2) is 11.5. The van der Waals surface area contributed by atoms with Crippen molar-refractivity contribution >= 4 is 14.3 Å². The minimum Gasteiger partial charge on any atom is -0.469 e. The smallest absolute Gasteiger partial charge is 0.305 e. The van der Waals surface area contributed by atoms with Crippen LogP contribution in [0.15, 0.2) is 0 Å². The molecule has 114 valence electrons. The molecule has 0 spiro atoms. The van der Waals surface area contributed by atoms with E-state index in [1.807, 2.05) is 7.11 Å². The number of carbonyl (C=O) groups is 1. The number of carbonyl (C=O) groups excluding carboxylic acids is 1. The molecule has 0 N–H and O–H groups in total. The zero-order chi connectivity index (χ0) is 14.6. The first-order valence-electron chi connectivity index (χ1n) is 7.64. The number of methoxy groups -OCH3 is 1. The summed E-state index contributed by atoms with van der Waals surface area (Å²) >= 11 is 0. The molecule has 0 aromatic carbocycles. The van der Waals surface area contributed by atoms with Crippen LogP contribution in [0, 0.1) is 0 Å². The molecule has 4 heteroatoms. The first-order chi connectivity index (χ1) is 9.02. The first kappa shape index (κ1) is 18.6. The number of unbranched alkanes of at least 4 members (excludes halogenated alkanes) is 7. The molecule has 0 aliphatic rings. The molecule has 0 radical (unpaired) electrons. The Balaban J connectivity index is 3.17. The number of hydrogen-bond acceptors (Lipinski definition) is 3. The molecule has 0 heterocycles. The Labute approximate surface area is 120 Å². The van der Waals surface area contributed by atoms with Crippen LogP contribution in [0.4, 0.5) is 0 Å². The van der Waals surface area contributed by atoms with E-state index in [1.165, 1.54) is 51.7 Å². The highest BCUT2D eigenvalue weighted by atomic mass is 28.4. The van der Waals surface area contributed by atoms with E-state index in [2.05, 4.69) is 17.8 Å².